The summed E-state index contributed by atoms with van der Waals surface area (Å²) in [5, 5.41) is 8.75. The molecule has 3 nitrogen and oxygen atoms in total. The summed E-state index contributed by atoms with van der Waals surface area (Å²) in [5.74, 6) is 0.804. The van der Waals surface area contributed by atoms with Crippen LogP contribution in [0.15, 0.2) is 36.9 Å². The lowest BCUT2D eigenvalue weighted by Gasteiger charge is -2.39. The van der Waals surface area contributed by atoms with E-state index in [2.05, 4.69) is 44.6 Å². The summed E-state index contributed by atoms with van der Waals surface area (Å²) in [5.41, 5.74) is 1.41. The van der Waals surface area contributed by atoms with Crippen molar-refractivity contribution in [1.29, 1.82) is 0 Å². The molecule has 0 aliphatic rings. The first-order chi connectivity index (χ1) is 9.57. The highest BCUT2D eigenvalue weighted by Crippen LogP contribution is 2.27. The number of aliphatic hydroxyl groups is 1. The molecule has 0 spiro atoms. The third-order valence-corrected chi connectivity index (χ3v) is 3.95. The maximum atomic E-state index is 8.75. The number of nitrogens with zero attached hydrogens (tertiary/aromatic N) is 1. The zero-order valence-electron chi connectivity index (χ0n) is 12.9. The average Bonchev–Trinajstić information content (AvgIpc) is 2.45. The molecule has 0 saturated carbocycles. The molecule has 112 valence electrons. The molecule has 0 bridgehead atoms. The van der Waals surface area contributed by atoms with Crippen LogP contribution in [0, 0.1) is 0 Å². The van der Waals surface area contributed by atoms with Gasteiger partial charge in [0.05, 0.1) is 6.61 Å². The quantitative estimate of drug-likeness (QED) is 0.705. The maximum absolute atomic E-state index is 8.75. The molecule has 3 heteroatoms. The first-order valence-corrected chi connectivity index (χ1v) is 7.19. The standard InChI is InChI=1S/C17H27NO2/c1-5-11-17(6-2,18(3)4)14-15-7-9-16(10-8-15)20-13-12-19/h5,7-10,19H,1,6,11-14H2,2-4H3. The van der Waals surface area contributed by atoms with Gasteiger partial charge >= 0.3 is 0 Å². The first-order valence-electron chi connectivity index (χ1n) is 7.19. The molecule has 0 saturated heterocycles. The minimum absolute atomic E-state index is 0.0423. The molecule has 20 heavy (non-hydrogen) atoms. The summed E-state index contributed by atoms with van der Waals surface area (Å²) in [6, 6.07) is 8.14. The van der Waals surface area contributed by atoms with Gasteiger partial charge in [0.1, 0.15) is 12.4 Å². The van der Waals surface area contributed by atoms with Gasteiger partial charge in [-0.1, -0.05) is 25.1 Å². The smallest absolute Gasteiger partial charge is 0.119 e. The summed E-state index contributed by atoms with van der Waals surface area (Å²) in [4.78, 5) is 2.30. The summed E-state index contributed by atoms with van der Waals surface area (Å²) < 4.78 is 5.38. The SMILES string of the molecule is C=CCC(CC)(Cc1ccc(OCCO)cc1)N(C)C. The zero-order chi connectivity index (χ0) is 15.0. The summed E-state index contributed by atoms with van der Waals surface area (Å²) >= 11 is 0. The van der Waals surface area contributed by atoms with Crippen molar-refractivity contribution >= 4 is 0 Å². The second kappa shape index (κ2) is 8.08. The van der Waals surface area contributed by atoms with Crippen LogP contribution >= 0.6 is 0 Å². The monoisotopic (exact) mass is 277 g/mol. The van der Waals surface area contributed by atoms with Crippen molar-refractivity contribution in [2.24, 2.45) is 0 Å². The van der Waals surface area contributed by atoms with Gasteiger partial charge in [-0.15, -0.1) is 6.58 Å². The fourth-order valence-corrected chi connectivity index (χ4v) is 2.51. The normalized spacial score (nSPS) is 14.1. The van der Waals surface area contributed by atoms with Crippen LogP contribution in [0.4, 0.5) is 0 Å². The Bertz CT molecular complexity index is 400. The molecule has 0 heterocycles. The van der Waals surface area contributed by atoms with E-state index in [9.17, 15) is 0 Å². The van der Waals surface area contributed by atoms with Crippen molar-refractivity contribution in [2.75, 3.05) is 27.3 Å². The van der Waals surface area contributed by atoms with Crippen LogP contribution in [0.1, 0.15) is 25.3 Å². The van der Waals surface area contributed by atoms with E-state index >= 15 is 0 Å². The van der Waals surface area contributed by atoms with E-state index < -0.39 is 0 Å². The number of hydrogen-bond donors (Lipinski definition) is 1. The largest absolute Gasteiger partial charge is 0.491 e. The van der Waals surface area contributed by atoms with E-state index in [0.717, 1.165) is 25.0 Å². The molecule has 1 unspecified atom stereocenters. The molecular formula is C17H27NO2. The van der Waals surface area contributed by atoms with Crippen LogP contribution in [0.2, 0.25) is 0 Å². The van der Waals surface area contributed by atoms with Crippen LogP contribution < -0.4 is 4.74 Å². The van der Waals surface area contributed by atoms with Crippen LogP contribution in [-0.2, 0) is 6.42 Å². The second-order valence-electron chi connectivity index (χ2n) is 5.36. The van der Waals surface area contributed by atoms with Gasteiger partial charge in [-0.25, -0.2) is 0 Å². The molecule has 0 aromatic heterocycles. The number of hydrogen-bond acceptors (Lipinski definition) is 3. The van der Waals surface area contributed by atoms with Crippen LogP contribution in [-0.4, -0.2) is 42.9 Å². The van der Waals surface area contributed by atoms with E-state index in [1.54, 1.807) is 0 Å². The van der Waals surface area contributed by atoms with Gasteiger partial charge in [-0.2, -0.15) is 0 Å². The third-order valence-electron chi connectivity index (χ3n) is 3.95. The number of ether oxygens (including phenoxy) is 1. The number of rotatable bonds is 9. The Balaban J connectivity index is 2.80. The lowest BCUT2D eigenvalue weighted by Crippen LogP contribution is -2.45. The Morgan fingerprint density at radius 3 is 2.40 bits per heavy atom. The third kappa shape index (κ3) is 4.36. The van der Waals surface area contributed by atoms with Crippen molar-refractivity contribution in [3.63, 3.8) is 0 Å². The molecule has 0 aliphatic carbocycles. The predicted octanol–water partition coefficient (Wildman–Crippen LogP) is 2.89. The van der Waals surface area contributed by atoms with Crippen LogP contribution in [0.25, 0.3) is 0 Å². The van der Waals surface area contributed by atoms with E-state index in [1.807, 2.05) is 18.2 Å². The minimum atomic E-state index is 0.0423. The van der Waals surface area contributed by atoms with Crippen molar-refractivity contribution in [3.8, 4) is 5.75 Å². The molecule has 1 rings (SSSR count). The van der Waals surface area contributed by atoms with Gasteiger partial charge in [0, 0.05) is 5.54 Å². The summed E-state index contributed by atoms with van der Waals surface area (Å²) in [7, 11) is 4.26. The highest BCUT2D eigenvalue weighted by molar-refractivity contribution is 5.28. The van der Waals surface area contributed by atoms with Gasteiger partial charge in [0.25, 0.3) is 0 Å². The van der Waals surface area contributed by atoms with Gasteiger partial charge in [0.15, 0.2) is 0 Å². The highest BCUT2D eigenvalue weighted by atomic mass is 16.5. The van der Waals surface area contributed by atoms with Gasteiger partial charge in [-0.05, 0) is 51.1 Å². The molecular weight excluding hydrogens is 250 g/mol. The number of aliphatic hydroxyl groups excluding tert-OH is 1. The molecule has 0 aliphatic heterocycles. The Morgan fingerprint density at radius 2 is 1.95 bits per heavy atom. The van der Waals surface area contributed by atoms with Crippen LogP contribution in [0.5, 0.6) is 5.75 Å². The van der Waals surface area contributed by atoms with E-state index in [4.69, 9.17) is 9.84 Å². The topological polar surface area (TPSA) is 32.7 Å². The van der Waals surface area contributed by atoms with E-state index in [0.29, 0.717) is 6.61 Å². The Morgan fingerprint density at radius 1 is 1.30 bits per heavy atom. The van der Waals surface area contributed by atoms with Crippen molar-refractivity contribution < 1.29 is 9.84 Å². The van der Waals surface area contributed by atoms with Crippen LogP contribution in [0.3, 0.4) is 0 Å². The second-order valence-corrected chi connectivity index (χ2v) is 5.36. The molecule has 0 radical (unpaired) electrons. The number of benzene rings is 1. The van der Waals surface area contributed by atoms with Crippen molar-refractivity contribution in [3.05, 3.63) is 42.5 Å². The van der Waals surface area contributed by atoms with Gasteiger partial charge in [-0.3, -0.25) is 0 Å². The molecule has 1 aromatic carbocycles. The number of likely N-dealkylation sites (N-methyl/N-ethyl adjacent to an activating group) is 1. The van der Waals surface area contributed by atoms with Crippen molar-refractivity contribution in [1.82, 2.24) is 4.90 Å². The van der Waals surface area contributed by atoms with Crippen molar-refractivity contribution in [2.45, 2.75) is 31.7 Å². The summed E-state index contributed by atoms with van der Waals surface area (Å²) in [6.07, 6.45) is 5.04. The molecule has 1 N–H and O–H groups in total. The predicted molar refractivity (Wildman–Crippen MR) is 84.2 cm³/mol. The minimum Gasteiger partial charge on any atom is -0.491 e. The molecule has 1 atom stereocenters. The Kier molecular flexibility index (Phi) is 6.76. The molecule has 0 amide bonds. The molecule has 0 fully saturated rings. The zero-order valence-corrected chi connectivity index (χ0v) is 12.9. The summed E-state index contributed by atoms with van der Waals surface area (Å²) in [6.45, 7) is 6.50. The average molecular weight is 277 g/mol. The fourth-order valence-electron chi connectivity index (χ4n) is 2.51. The van der Waals surface area contributed by atoms with Gasteiger partial charge in [0.2, 0.25) is 0 Å². The lowest BCUT2D eigenvalue weighted by molar-refractivity contribution is 0.147. The first kappa shape index (κ1) is 16.7. The van der Waals surface area contributed by atoms with E-state index in [-0.39, 0.29) is 12.1 Å². The molecule has 1 aromatic rings. The van der Waals surface area contributed by atoms with Gasteiger partial charge < -0.3 is 14.7 Å². The Labute approximate surface area is 122 Å². The Hall–Kier alpha value is -1.32. The highest BCUT2D eigenvalue weighted by Gasteiger charge is 2.29. The lowest BCUT2D eigenvalue weighted by atomic mass is 9.84. The maximum Gasteiger partial charge on any atom is 0.119 e. The fraction of sp³-hybridized carbons (Fsp3) is 0.529. The van der Waals surface area contributed by atoms with E-state index in [1.165, 1.54) is 5.56 Å².